The molecule has 5 nitrogen and oxygen atoms in total. The number of imidazole rings is 1. The first-order valence-corrected chi connectivity index (χ1v) is 7.34. The molecule has 5 heteroatoms. The summed E-state index contributed by atoms with van der Waals surface area (Å²) >= 11 is 0. The molecule has 1 unspecified atom stereocenters. The lowest BCUT2D eigenvalue weighted by Gasteiger charge is -2.19. The van der Waals surface area contributed by atoms with Crippen LogP contribution in [0.3, 0.4) is 0 Å². The van der Waals surface area contributed by atoms with E-state index in [1.807, 2.05) is 31.2 Å². The fourth-order valence-electron chi connectivity index (χ4n) is 3.15. The molecule has 21 heavy (non-hydrogen) atoms. The molecule has 0 aromatic carbocycles. The van der Waals surface area contributed by atoms with Gasteiger partial charge >= 0.3 is 0 Å². The molecular weight excluding hydrogens is 264 g/mol. The minimum absolute atomic E-state index is 0.324. The molecule has 0 spiro atoms. The van der Waals surface area contributed by atoms with Crippen molar-refractivity contribution in [2.75, 3.05) is 13.6 Å². The van der Waals surface area contributed by atoms with E-state index in [0.717, 1.165) is 41.6 Å². The topological polar surface area (TPSA) is 47.1 Å². The SMILES string of the molecule is Cc1ccc(-n2c(C3CCCN3C)nc3cccnc32)o1. The van der Waals surface area contributed by atoms with Gasteiger partial charge in [-0.15, -0.1) is 0 Å². The van der Waals surface area contributed by atoms with Crippen LogP contribution in [-0.2, 0) is 0 Å². The number of furan rings is 1. The van der Waals surface area contributed by atoms with Crippen molar-refractivity contribution in [1.82, 2.24) is 19.4 Å². The second-order valence-electron chi connectivity index (χ2n) is 5.67. The van der Waals surface area contributed by atoms with E-state index < -0.39 is 0 Å². The van der Waals surface area contributed by atoms with Gasteiger partial charge in [-0.1, -0.05) is 0 Å². The van der Waals surface area contributed by atoms with Gasteiger partial charge in [0, 0.05) is 12.3 Å². The first kappa shape index (κ1) is 12.6. The quantitative estimate of drug-likeness (QED) is 0.724. The number of likely N-dealkylation sites (tertiary alicyclic amines) is 1. The molecule has 1 fully saturated rings. The number of pyridine rings is 1. The zero-order valence-electron chi connectivity index (χ0n) is 12.3. The Morgan fingerprint density at radius 2 is 2.19 bits per heavy atom. The van der Waals surface area contributed by atoms with Gasteiger partial charge in [0.05, 0.1) is 6.04 Å². The summed E-state index contributed by atoms with van der Waals surface area (Å²) in [4.78, 5) is 11.7. The molecular formula is C16H18N4O. The lowest BCUT2D eigenvalue weighted by Crippen LogP contribution is -2.20. The highest BCUT2D eigenvalue weighted by atomic mass is 16.4. The van der Waals surface area contributed by atoms with E-state index in [4.69, 9.17) is 9.40 Å². The Balaban J connectivity index is 1.97. The van der Waals surface area contributed by atoms with Crippen LogP contribution in [-0.4, -0.2) is 33.0 Å². The van der Waals surface area contributed by atoms with Gasteiger partial charge in [-0.3, -0.25) is 4.90 Å². The van der Waals surface area contributed by atoms with E-state index in [-0.39, 0.29) is 0 Å². The third-order valence-electron chi connectivity index (χ3n) is 4.21. The monoisotopic (exact) mass is 282 g/mol. The number of hydrogen-bond donors (Lipinski definition) is 0. The molecule has 0 amide bonds. The summed E-state index contributed by atoms with van der Waals surface area (Å²) in [7, 11) is 2.15. The normalized spacial score (nSPS) is 19.6. The van der Waals surface area contributed by atoms with E-state index in [9.17, 15) is 0 Å². The fourth-order valence-corrected chi connectivity index (χ4v) is 3.15. The molecule has 3 aromatic rings. The third-order valence-corrected chi connectivity index (χ3v) is 4.21. The van der Waals surface area contributed by atoms with Crippen molar-refractivity contribution in [1.29, 1.82) is 0 Å². The van der Waals surface area contributed by atoms with Crippen LogP contribution in [0.4, 0.5) is 0 Å². The van der Waals surface area contributed by atoms with E-state index >= 15 is 0 Å². The Hall–Kier alpha value is -2.14. The maximum absolute atomic E-state index is 5.84. The summed E-state index contributed by atoms with van der Waals surface area (Å²) in [5.41, 5.74) is 1.78. The van der Waals surface area contributed by atoms with Crippen molar-refractivity contribution >= 4 is 11.2 Å². The third kappa shape index (κ3) is 1.96. The average Bonchev–Trinajstić information content (AvgIpc) is 3.16. The van der Waals surface area contributed by atoms with Gasteiger partial charge in [-0.05, 0) is 51.6 Å². The van der Waals surface area contributed by atoms with Crippen molar-refractivity contribution in [2.45, 2.75) is 25.8 Å². The number of hydrogen-bond acceptors (Lipinski definition) is 4. The van der Waals surface area contributed by atoms with Crippen molar-refractivity contribution < 1.29 is 4.42 Å². The Kier molecular flexibility index (Phi) is 2.82. The molecule has 4 rings (SSSR count). The summed E-state index contributed by atoms with van der Waals surface area (Å²) < 4.78 is 7.90. The molecule has 108 valence electrons. The molecule has 3 aromatic heterocycles. The van der Waals surface area contributed by atoms with Crippen LogP contribution < -0.4 is 0 Å². The van der Waals surface area contributed by atoms with Gasteiger partial charge in [0.25, 0.3) is 0 Å². The highest BCUT2D eigenvalue weighted by molar-refractivity contribution is 5.73. The molecule has 4 heterocycles. The number of rotatable bonds is 2. The largest absolute Gasteiger partial charge is 0.445 e. The van der Waals surface area contributed by atoms with Crippen LogP contribution >= 0.6 is 0 Å². The highest BCUT2D eigenvalue weighted by Gasteiger charge is 2.29. The molecule has 0 N–H and O–H groups in total. The van der Waals surface area contributed by atoms with Crippen molar-refractivity contribution in [2.24, 2.45) is 0 Å². The molecule has 0 radical (unpaired) electrons. The van der Waals surface area contributed by atoms with E-state index in [1.165, 1.54) is 6.42 Å². The molecule has 0 bridgehead atoms. The Morgan fingerprint density at radius 1 is 1.29 bits per heavy atom. The van der Waals surface area contributed by atoms with Crippen LogP contribution in [0.15, 0.2) is 34.9 Å². The standard InChI is InChI=1S/C16H18N4O/c1-11-7-8-14(21-11)20-15-12(5-3-9-17-15)18-16(20)13-6-4-10-19(13)2/h3,5,7-9,13H,4,6,10H2,1-2H3. The first-order valence-electron chi connectivity index (χ1n) is 7.34. The van der Waals surface area contributed by atoms with Crippen molar-refractivity contribution in [3.8, 4) is 5.88 Å². The zero-order chi connectivity index (χ0) is 14.4. The number of nitrogens with zero attached hydrogens (tertiary/aromatic N) is 4. The minimum atomic E-state index is 0.324. The van der Waals surface area contributed by atoms with Crippen LogP contribution in [0, 0.1) is 6.92 Å². The second kappa shape index (κ2) is 4.70. The van der Waals surface area contributed by atoms with Gasteiger partial charge in [0.15, 0.2) is 5.65 Å². The summed E-state index contributed by atoms with van der Waals surface area (Å²) in [6.07, 6.45) is 4.13. The highest BCUT2D eigenvalue weighted by Crippen LogP contribution is 2.33. The predicted molar refractivity (Wildman–Crippen MR) is 80.5 cm³/mol. The summed E-state index contributed by atoms with van der Waals surface area (Å²) in [5.74, 6) is 2.72. The summed E-state index contributed by atoms with van der Waals surface area (Å²) in [6.45, 7) is 3.07. The maximum Gasteiger partial charge on any atom is 0.206 e. The van der Waals surface area contributed by atoms with E-state index in [2.05, 4.69) is 21.5 Å². The molecule has 1 aliphatic heterocycles. The minimum Gasteiger partial charge on any atom is -0.445 e. The van der Waals surface area contributed by atoms with Crippen LogP contribution in [0.25, 0.3) is 17.0 Å². The number of aromatic nitrogens is 3. The Bertz CT molecular complexity index is 789. The molecule has 0 aliphatic carbocycles. The fraction of sp³-hybridized carbons (Fsp3) is 0.375. The van der Waals surface area contributed by atoms with Gasteiger partial charge in [-0.25, -0.2) is 14.5 Å². The van der Waals surface area contributed by atoms with Gasteiger partial charge in [0.1, 0.15) is 17.1 Å². The van der Waals surface area contributed by atoms with Gasteiger partial charge in [0.2, 0.25) is 5.88 Å². The lowest BCUT2D eigenvalue weighted by atomic mass is 10.2. The molecule has 0 saturated carbocycles. The number of aryl methyl sites for hydroxylation is 1. The van der Waals surface area contributed by atoms with Gasteiger partial charge < -0.3 is 4.42 Å². The van der Waals surface area contributed by atoms with E-state index in [1.54, 1.807) is 6.20 Å². The Morgan fingerprint density at radius 3 is 2.90 bits per heavy atom. The van der Waals surface area contributed by atoms with Crippen LogP contribution in [0.5, 0.6) is 0 Å². The van der Waals surface area contributed by atoms with Crippen LogP contribution in [0.2, 0.25) is 0 Å². The average molecular weight is 282 g/mol. The zero-order valence-corrected chi connectivity index (χ0v) is 12.3. The molecule has 1 aliphatic rings. The molecule has 1 saturated heterocycles. The van der Waals surface area contributed by atoms with Crippen molar-refractivity contribution in [3.05, 3.63) is 42.0 Å². The van der Waals surface area contributed by atoms with E-state index in [0.29, 0.717) is 6.04 Å². The summed E-state index contributed by atoms with van der Waals surface area (Å²) in [6, 6.07) is 8.22. The van der Waals surface area contributed by atoms with Crippen LogP contribution in [0.1, 0.15) is 30.5 Å². The molecule has 1 atom stereocenters. The number of fused-ring (bicyclic) bond motifs is 1. The first-order chi connectivity index (χ1) is 10.2. The Labute approximate surface area is 123 Å². The smallest absolute Gasteiger partial charge is 0.206 e. The van der Waals surface area contributed by atoms with Gasteiger partial charge in [-0.2, -0.15) is 0 Å². The van der Waals surface area contributed by atoms with Crippen molar-refractivity contribution in [3.63, 3.8) is 0 Å². The summed E-state index contributed by atoms with van der Waals surface area (Å²) in [5, 5.41) is 0. The lowest BCUT2D eigenvalue weighted by molar-refractivity contribution is 0.302. The predicted octanol–water partition coefficient (Wildman–Crippen LogP) is 3.09. The second-order valence-corrected chi connectivity index (χ2v) is 5.67. The maximum atomic E-state index is 5.84.